The maximum atomic E-state index is 12.6. The minimum Gasteiger partial charge on any atom is -0.459 e. The lowest BCUT2D eigenvalue weighted by atomic mass is 10.2. The van der Waals surface area contributed by atoms with Crippen LogP contribution >= 0.6 is 0 Å². The molecule has 0 unspecified atom stereocenters. The predicted molar refractivity (Wildman–Crippen MR) is 105 cm³/mol. The summed E-state index contributed by atoms with van der Waals surface area (Å²) in [6.07, 6.45) is 1.98. The maximum absolute atomic E-state index is 12.6. The van der Waals surface area contributed by atoms with Gasteiger partial charge >= 0.3 is 0 Å². The summed E-state index contributed by atoms with van der Waals surface area (Å²) < 4.78 is 5.17. The van der Waals surface area contributed by atoms with E-state index in [1.165, 1.54) is 11.8 Å². The van der Waals surface area contributed by atoms with Gasteiger partial charge < -0.3 is 19.1 Å². The van der Waals surface area contributed by atoms with Crippen LogP contribution in [0.4, 0.5) is 5.69 Å². The van der Waals surface area contributed by atoms with Crippen LogP contribution in [0.15, 0.2) is 47.1 Å². The molecule has 2 aromatic rings. The minimum absolute atomic E-state index is 0.108. The van der Waals surface area contributed by atoms with E-state index < -0.39 is 0 Å². The Hall–Kier alpha value is -2.76. The van der Waals surface area contributed by atoms with Crippen molar-refractivity contribution in [2.45, 2.75) is 20.3 Å². The van der Waals surface area contributed by atoms with E-state index in [2.05, 4.69) is 36.9 Å². The summed E-state index contributed by atoms with van der Waals surface area (Å²) in [4.78, 5) is 30.7. The molecule has 2 heterocycles. The van der Waals surface area contributed by atoms with Gasteiger partial charge in [-0.3, -0.25) is 9.59 Å². The van der Waals surface area contributed by atoms with Crippen molar-refractivity contribution in [2.24, 2.45) is 0 Å². The van der Waals surface area contributed by atoms with Gasteiger partial charge in [-0.05, 0) is 43.7 Å². The van der Waals surface area contributed by atoms with Gasteiger partial charge in [0.2, 0.25) is 5.91 Å². The number of carbonyl (C=O) groups is 2. The quantitative estimate of drug-likeness (QED) is 0.786. The summed E-state index contributed by atoms with van der Waals surface area (Å²) in [6.45, 7) is 7.97. The second-order valence-electron chi connectivity index (χ2n) is 6.82. The summed E-state index contributed by atoms with van der Waals surface area (Å²) in [5.74, 6) is 0.390. The van der Waals surface area contributed by atoms with E-state index in [9.17, 15) is 9.59 Å². The molecule has 144 valence electrons. The number of anilines is 1. The lowest BCUT2D eigenvalue weighted by Gasteiger charge is -2.35. The van der Waals surface area contributed by atoms with Gasteiger partial charge in [0.1, 0.15) is 0 Å². The molecule has 6 heteroatoms. The topological polar surface area (TPSA) is 57.0 Å². The van der Waals surface area contributed by atoms with E-state index in [0.717, 1.165) is 12.2 Å². The molecule has 1 aliphatic heterocycles. The predicted octanol–water partition coefficient (Wildman–Crippen LogP) is 2.79. The highest BCUT2D eigenvalue weighted by Gasteiger charge is 2.26. The summed E-state index contributed by atoms with van der Waals surface area (Å²) in [5.41, 5.74) is 2.37. The number of nitrogens with zero attached hydrogens (tertiary/aromatic N) is 3. The highest BCUT2D eigenvalue weighted by molar-refractivity contribution is 5.91. The zero-order valence-electron chi connectivity index (χ0n) is 16.1. The van der Waals surface area contributed by atoms with E-state index in [1.807, 2.05) is 11.0 Å². The summed E-state index contributed by atoms with van der Waals surface area (Å²) in [5, 5.41) is 0. The zero-order chi connectivity index (χ0) is 19.2. The molecule has 0 spiro atoms. The Morgan fingerprint density at radius 1 is 1.07 bits per heavy atom. The van der Waals surface area contributed by atoms with Crippen LogP contribution in [0.1, 0.15) is 29.5 Å². The lowest BCUT2D eigenvalue weighted by molar-refractivity contribution is -0.132. The van der Waals surface area contributed by atoms with Gasteiger partial charge in [-0.25, -0.2) is 0 Å². The van der Waals surface area contributed by atoms with E-state index in [4.69, 9.17) is 4.42 Å². The molecule has 3 rings (SSSR count). The summed E-state index contributed by atoms with van der Waals surface area (Å²) in [7, 11) is 0. The Labute approximate surface area is 160 Å². The first-order chi connectivity index (χ1) is 13.1. The molecule has 27 heavy (non-hydrogen) atoms. The van der Waals surface area contributed by atoms with Crippen molar-refractivity contribution in [3.63, 3.8) is 0 Å². The fourth-order valence-corrected chi connectivity index (χ4v) is 3.40. The van der Waals surface area contributed by atoms with E-state index in [-0.39, 0.29) is 11.8 Å². The number of furan rings is 1. The van der Waals surface area contributed by atoms with Gasteiger partial charge in [0.15, 0.2) is 5.76 Å². The number of hydrogen-bond acceptors (Lipinski definition) is 4. The smallest absolute Gasteiger partial charge is 0.289 e. The zero-order valence-corrected chi connectivity index (χ0v) is 16.1. The summed E-state index contributed by atoms with van der Waals surface area (Å²) in [6, 6.07) is 11.7. The monoisotopic (exact) mass is 369 g/mol. The Morgan fingerprint density at radius 3 is 2.44 bits per heavy atom. The Balaban J connectivity index is 1.48. The van der Waals surface area contributed by atoms with Crippen LogP contribution in [0, 0.1) is 6.92 Å². The third kappa shape index (κ3) is 4.70. The van der Waals surface area contributed by atoms with Crippen LogP contribution in [-0.4, -0.2) is 60.9 Å². The molecule has 6 nitrogen and oxygen atoms in total. The first-order valence-electron chi connectivity index (χ1n) is 9.50. The molecule has 0 atom stereocenters. The van der Waals surface area contributed by atoms with Crippen molar-refractivity contribution in [3.05, 3.63) is 54.0 Å². The molecule has 0 N–H and O–H groups in total. The number of piperazine rings is 1. The lowest BCUT2D eigenvalue weighted by Crippen LogP contribution is -2.51. The van der Waals surface area contributed by atoms with Gasteiger partial charge in [-0.15, -0.1) is 0 Å². The molecule has 1 saturated heterocycles. The number of aryl methyl sites for hydroxylation is 1. The molecule has 0 bridgehead atoms. The van der Waals surface area contributed by atoms with Crippen molar-refractivity contribution in [2.75, 3.05) is 44.2 Å². The van der Waals surface area contributed by atoms with Crippen LogP contribution in [0.3, 0.4) is 0 Å². The van der Waals surface area contributed by atoms with Crippen LogP contribution in [0.25, 0.3) is 0 Å². The highest BCUT2D eigenvalue weighted by Crippen LogP contribution is 2.16. The number of amides is 2. The second-order valence-corrected chi connectivity index (χ2v) is 6.82. The Kier molecular flexibility index (Phi) is 6.16. The molecule has 1 aliphatic rings. The minimum atomic E-state index is -0.108. The maximum Gasteiger partial charge on any atom is 0.289 e. The van der Waals surface area contributed by atoms with Crippen molar-refractivity contribution in [1.82, 2.24) is 9.80 Å². The largest absolute Gasteiger partial charge is 0.459 e. The van der Waals surface area contributed by atoms with Crippen LogP contribution in [0.2, 0.25) is 0 Å². The average molecular weight is 369 g/mol. The molecular formula is C21H27N3O3. The Bertz CT molecular complexity index is 765. The van der Waals surface area contributed by atoms with Crippen molar-refractivity contribution >= 4 is 17.5 Å². The number of benzene rings is 1. The van der Waals surface area contributed by atoms with Crippen molar-refractivity contribution < 1.29 is 14.0 Å². The molecular weight excluding hydrogens is 342 g/mol. The highest BCUT2D eigenvalue weighted by atomic mass is 16.3. The average Bonchev–Trinajstić information content (AvgIpc) is 3.23. The second kappa shape index (κ2) is 8.75. The fourth-order valence-electron chi connectivity index (χ4n) is 3.40. The third-order valence-electron chi connectivity index (χ3n) is 5.00. The van der Waals surface area contributed by atoms with Gasteiger partial charge in [0, 0.05) is 51.4 Å². The van der Waals surface area contributed by atoms with Crippen molar-refractivity contribution in [3.8, 4) is 0 Å². The molecule has 1 aromatic carbocycles. The molecule has 2 amide bonds. The van der Waals surface area contributed by atoms with Gasteiger partial charge in [-0.1, -0.05) is 12.1 Å². The number of hydrogen-bond donors (Lipinski definition) is 0. The molecule has 1 aromatic heterocycles. The first-order valence-corrected chi connectivity index (χ1v) is 9.50. The van der Waals surface area contributed by atoms with Gasteiger partial charge in [-0.2, -0.15) is 0 Å². The first kappa shape index (κ1) is 19.0. The number of rotatable bonds is 6. The van der Waals surface area contributed by atoms with Crippen LogP contribution < -0.4 is 4.90 Å². The van der Waals surface area contributed by atoms with E-state index in [0.29, 0.717) is 44.9 Å². The standard InChI is InChI=1S/C21H27N3O3/c1-3-22(18-7-4-6-17(2)16-18)10-9-20(25)23-11-13-24(14-12-23)21(26)19-8-5-15-27-19/h4-8,15-16H,3,9-14H2,1-2H3. The molecule has 0 aliphatic carbocycles. The normalized spacial score (nSPS) is 14.3. The molecule has 0 radical (unpaired) electrons. The summed E-state index contributed by atoms with van der Waals surface area (Å²) >= 11 is 0. The number of carbonyl (C=O) groups excluding carboxylic acids is 2. The molecule has 0 saturated carbocycles. The SMILES string of the molecule is CCN(CCC(=O)N1CCN(C(=O)c2ccco2)CC1)c1cccc(C)c1. The van der Waals surface area contributed by atoms with Gasteiger partial charge in [0.25, 0.3) is 5.91 Å². The van der Waals surface area contributed by atoms with E-state index >= 15 is 0 Å². The van der Waals surface area contributed by atoms with Gasteiger partial charge in [0.05, 0.1) is 6.26 Å². The third-order valence-corrected chi connectivity index (χ3v) is 5.00. The van der Waals surface area contributed by atoms with Crippen LogP contribution in [0.5, 0.6) is 0 Å². The van der Waals surface area contributed by atoms with Crippen molar-refractivity contribution in [1.29, 1.82) is 0 Å². The van der Waals surface area contributed by atoms with Crippen LogP contribution in [-0.2, 0) is 4.79 Å². The molecule has 1 fully saturated rings. The fraction of sp³-hybridized carbons (Fsp3) is 0.429. The van der Waals surface area contributed by atoms with E-state index in [1.54, 1.807) is 17.0 Å². The Morgan fingerprint density at radius 2 is 1.81 bits per heavy atom.